The third kappa shape index (κ3) is 23.1. The molecular formula is C111H221F5N8O. The number of hydrogen-bond acceptors (Lipinski definition) is 9. The summed E-state index contributed by atoms with van der Waals surface area (Å²) in [5.41, 5.74) is 54.0. The number of rotatable bonds is 14. The number of ether oxygens (including phenoxy) is 1. The molecular weight excluding hydrogens is 1560 g/mol. The molecule has 0 aromatic carbocycles. The molecule has 1 saturated heterocycles. The molecule has 11 aliphatic rings. The maximum absolute atomic E-state index is 13.4. The molecule has 10 aliphatic carbocycles. The van der Waals surface area contributed by atoms with Crippen LogP contribution in [0.4, 0.5) is 22.0 Å². The van der Waals surface area contributed by atoms with Crippen LogP contribution in [0.3, 0.4) is 0 Å². The zero-order valence-corrected chi connectivity index (χ0v) is 91.3. The van der Waals surface area contributed by atoms with E-state index >= 15 is 0 Å². The molecule has 0 amide bonds. The molecule has 17 atom stereocenters. The van der Waals surface area contributed by atoms with Gasteiger partial charge in [-0.05, 0) is 291 Å². The predicted octanol–water partition coefficient (Wildman–Crippen LogP) is 29.2. The lowest BCUT2D eigenvalue weighted by Crippen LogP contribution is -2.59. The van der Waals surface area contributed by atoms with Gasteiger partial charge in [-0.2, -0.15) is 0 Å². The van der Waals surface area contributed by atoms with Gasteiger partial charge in [-0.1, -0.05) is 311 Å². The van der Waals surface area contributed by atoms with Crippen LogP contribution in [0, 0.1) is 188 Å². The van der Waals surface area contributed by atoms with Crippen molar-refractivity contribution in [1.29, 1.82) is 0 Å². The van der Waals surface area contributed by atoms with E-state index in [4.69, 9.17) is 50.6 Å². The lowest BCUT2D eigenvalue weighted by atomic mass is 9.56. The fourth-order valence-corrected chi connectivity index (χ4v) is 32.8. The first kappa shape index (κ1) is 118. The van der Waals surface area contributed by atoms with Crippen LogP contribution in [0.1, 0.15) is 439 Å². The van der Waals surface area contributed by atoms with Crippen LogP contribution in [-0.2, 0) is 4.74 Å². The normalized spacial score (nSPS) is 34.8. The summed E-state index contributed by atoms with van der Waals surface area (Å²) in [6.45, 7) is 102. The largest absolute Gasteiger partial charge is 0.380 e. The first-order valence-corrected chi connectivity index (χ1v) is 52.3. The second-order valence-electron chi connectivity index (χ2n) is 53.9. The summed E-state index contributed by atoms with van der Waals surface area (Å²) in [5, 5.41) is 0. The Balaban J connectivity index is 0.000000363. The van der Waals surface area contributed by atoms with Crippen LogP contribution in [-0.4, -0.2) is 79.6 Å². The molecule has 14 heteroatoms. The molecule has 16 N–H and O–H groups in total. The predicted molar refractivity (Wildman–Crippen MR) is 535 cm³/mol. The molecule has 125 heavy (non-hydrogen) atoms. The highest BCUT2D eigenvalue weighted by molar-refractivity contribution is 5.17. The Kier molecular flexibility index (Phi) is 41.1. The average molecular weight is 1780 g/mol. The van der Waals surface area contributed by atoms with Crippen LogP contribution in [0.25, 0.3) is 0 Å². The molecule has 11 rings (SSSR count). The van der Waals surface area contributed by atoms with Crippen molar-refractivity contribution in [2.24, 2.45) is 234 Å². The minimum atomic E-state index is -2.67. The average Bonchev–Trinajstić information content (AvgIpc) is 1.89. The first-order chi connectivity index (χ1) is 56.3. The summed E-state index contributed by atoms with van der Waals surface area (Å²) in [7, 11) is 0. The van der Waals surface area contributed by atoms with Crippen molar-refractivity contribution in [3.05, 3.63) is 0 Å². The monoisotopic (exact) mass is 1780 g/mol. The van der Waals surface area contributed by atoms with Gasteiger partial charge in [0.1, 0.15) is 6.17 Å². The van der Waals surface area contributed by atoms with E-state index in [0.717, 1.165) is 48.7 Å². The second-order valence-corrected chi connectivity index (χ2v) is 53.9. The summed E-state index contributed by atoms with van der Waals surface area (Å²) >= 11 is 0. The van der Waals surface area contributed by atoms with Gasteiger partial charge in [-0.25, -0.2) is 22.0 Å². The van der Waals surface area contributed by atoms with Gasteiger partial charge in [0.15, 0.2) is 0 Å². The third-order valence-corrected chi connectivity index (χ3v) is 40.5. The highest BCUT2D eigenvalue weighted by Crippen LogP contribution is 2.68. The van der Waals surface area contributed by atoms with Gasteiger partial charge in [-0.15, -0.1) is 0 Å². The molecule has 10 saturated carbocycles. The topological polar surface area (TPSA) is 217 Å². The summed E-state index contributed by atoms with van der Waals surface area (Å²) < 4.78 is 72.2. The standard InChI is InChI=1S/C14H28.C13H25NO.C13H25N.2C13H27N.C12H25N.2C11H21F2N.C11H22FN/c1-10(2)14(13(5,6)7)9-11(3)8-12(14)4;1-9(2)13(10(3)4)6-5-12(11(13)14)7-15-8-12;1-9(2)13(10(3)4)8-7-12(5-6-12)11(13)14;1-9(2)13(12(4,5)6)8-10(3)7-11(13)14;1-9(2)13(12(4,5)6)8-7-10(3)11(13)14;1-9(2)12(11(3,4)5)8-6-7-10(12)13;1-7(2)11(8(3)4)6-10(12,13)5-9(11)14;1-7(2)10(8(3)4)5-6-11(12,13)9(10)14;1-7(2)11(8(3)4)6-9(12)5-10(11)13/h10-12H,8-9H2,1-7H3;9-11H,5-8,14H2,1-4H3;9-11H,5-8,14H2,1-4H3;2*9-11H,7-8,14H2,1-6H3;9-10H,6-8,13H2,1-5H3;2*7-9H,5-6,14H2,1-4H3;7-10H,5-6,13H2,1-4H3/t11?,12-,14?;2*11-;2*10?,11-,13?;10-,12?;2*9-;9?,10-/m111111101/s1. The summed E-state index contributed by atoms with van der Waals surface area (Å²) in [6.07, 6.45) is 20.8. The van der Waals surface area contributed by atoms with Crippen LogP contribution in [0.2, 0.25) is 0 Å². The summed E-state index contributed by atoms with van der Waals surface area (Å²) in [5.74, 6) is 5.56. The Bertz CT molecular complexity index is 3000. The van der Waals surface area contributed by atoms with Crippen LogP contribution in [0.5, 0.6) is 0 Å². The van der Waals surface area contributed by atoms with E-state index in [9.17, 15) is 22.0 Å². The van der Waals surface area contributed by atoms with E-state index in [1.165, 1.54) is 96.3 Å². The molecule has 9 nitrogen and oxygen atoms in total. The first-order valence-electron chi connectivity index (χ1n) is 52.3. The Morgan fingerprint density at radius 3 is 0.784 bits per heavy atom. The van der Waals surface area contributed by atoms with Crippen molar-refractivity contribution < 1.29 is 26.7 Å². The van der Waals surface area contributed by atoms with Gasteiger partial charge in [0, 0.05) is 67.0 Å². The quantitative estimate of drug-likeness (QED) is 0.0775. The van der Waals surface area contributed by atoms with Gasteiger partial charge in [0.2, 0.25) is 5.92 Å². The van der Waals surface area contributed by atoms with Crippen molar-refractivity contribution in [3.63, 3.8) is 0 Å². The molecule has 746 valence electrons. The fraction of sp³-hybridized carbons (Fsp3) is 1.00. The zero-order valence-electron chi connectivity index (χ0n) is 91.3. The molecule has 2 spiro atoms. The van der Waals surface area contributed by atoms with E-state index in [1.807, 2.05) is 55.4 Å². The minimum absolute atomic E-state index is 0.0272. The van der Waals surface area contributed by atoms with Crippen LogP contribution in [0.15, 0.2) is 0 Å². The fourth-order valence-electron chi connectivity index (χ4n) is 32.8. The Morgan fingerprint density at radius 2 is 0.632 bits per heavy atom. The van der Waals surface area contributed by atoms with Gasteiger partial charge >= 0.3 is 0 Å². The Morgan fingerprint density at radius 1 is 0.296 bits per heavy atom. The van der Waals surface area contributed by atoms with Gasteiger partial charge in [-0.3, -0.25) is 0 Å². The van der Waals surface area contributed by atoms with Crippen molar-refractivity contribution in [2.45, 2.75) is 506 Å². The van der Waals surface area contributed by atoms with E-state index in [-0.39, 0.29) is 71.3 Å². The Labute approximate surface area is 775 Å². The Hall–Kier alpha value is -0.710. The highest BCUT2D eigenvalue weighted by atomic mass is 19.3. The number of halogens is 5. The number of hydrogen-bond donors (Lipinski definition) is 8. The molecule has 11 fully saturated rings. The lowest BCUT2D eigenvalue weighted by molar-refractivity contribution is -0.130. The third-order valence-electron chi connectivity index (χ3n) is 40.5. The van der Waals surface area contributed by atoms with Gasteiger partial charge < -0.3 is 50.6 Å². The minimum Gasteiger partial charge on any atom is -0.380 e. The zero-order chi connectivity index (χ0) is 98.1. The molecule has 0 aromatic rings. The number of alkyl halides is 5. The van der Waals surface area contributed by atoms with Gasteiger partial charge in [0.05, 0.1) is 19.3 Å². The second kappa shape index (κ2) is 43.3. The number of nitrogens with two attached hydrogens (primary N) is 8. The SMILES string of the molecule is CC(C)C1(C(C)(C)C)CCC[C@H]1N.CC(C)C1(C(C)C)CC(F)(F)C[C@H]1N.CC(C)C1(C(C)C)CC(F)C[C@H]1N.CC(C)C1(C(C)C)CCC(F)(F)[C@H]1N.CC(C)C1(C(C)C)CCC2(CC2)[C@H]1N.CC(C)C1(C(C)C)CCC2(COC2)[C@H]1N.CC1CCC(C(C)C)(C(C)(C)C)[C@@H]1N.CC1C[C@@H](C)C(C(C)C)(C(C)(C)C)C1.CC1C[C@@H](N)C(C(C)C)(C(C)(C)C)C1. The van der Waals surface area contributed by atoms with Crippen molar-refractivity contribution in [3.8, 4) is 0 Å². The summed E-state index contributed by atoms with van der Waals surface area (Å²) in [4.78, 5) is 0. The van der Waals surface area contributed by atoms with Gasteiger partial charge in [0.25, 0.3) is 5.92 Å². The molecule has 1 heterocycles. The smallest absolute Gasteiger partial charge is 0.263 e. The molecule has 0 radical (unpaired) electrons. The molecule has 0 bridgehead atoms. The van der Waals surface area contributed by atoms with E-state index in [1.54, 1.807) is 0 Å². The lowest BCUT2D eigenvalue weighted by Gasteiger charge is -2.49. The maximum Gasteiger partial charge on any atom is 0.263 e. The molecule has 8 unspecified atom stereocenters. The van der Waals surface area contributed by atoms with E-state index < -0.39 is 24.1 Å². The van der Waals surface area contributed by atoms with E-state index in [0.29, 0.717) is 162 Å². The van der Waals surface area contributed by atoms with Crippen molar-refractivity contribution in [1.82, 2.24) is 0 Å². The van der Waals surface area contributed by atoms with Crippen molar-refractivity contribution in [2.75, 3.05) is 13.2 Å². The maximum atomic E-state index is 13.4. The molecule has 0 aromatic heterocycles. The van der Waals surface area contributed by atoms with E-state index in [2.05, 4.69) is 249 Å². The summed E-state index contributed by atoms with van der Waals surface area (Å²) in [6, 6.07) is 0.677. The molecule has 1 aliphatic heterocycles. The van der Waals surface area contributed by atoms with Crippen molar-refractivity contribution >= 4 is 0 Å². The van der Waals surface area contributed by atoms with Crippen LogP contribution < -0.4 is 45.9 Å². The highest BCUT2D eigenvalue weighted by Gasteiger charge is 2.66. The van der Waals surface area contributed by atoms with Crippen LogP contribution >= 0.6 is 0 Å².